The Hall–Kier alpha value is -0.726. The molecule has 0 N–H and O–H groups in total. The summed E-state index contributed by atoms with van der Waals surface area (Å²) >= 11 is 0. The van der Waals surface area contributed by atoms with Crippen LogP contribution in [-0.2, 0) is 18.6 Å². The van der Waals surface area contributed by atoms with Crippen molar-refractivity contribution in [2.45, 2.75) is 0 Å². The van der Waals surface area contributed by atoms with Gasteiger partial charge in [0.05, 0.1) is 12.7 Å². The van der Waals surface area contributed by atoms with E-state index >= 15 is 0 Å². The first kappa shape index (κ1) is 10.3. The van der Waals surface area contributed by atoms with Crippen LogP contribution in [0.4, 0.5) is 0 Å². The van der Waals surface area contributed by atoms with Gasteiger partial charge in [0.1, 0.15) is 5.75 Å². The van der Waals surface area contributed by atoms with Crippen molar-refractivity contribution in [3.05, 3.63) is 29.8 Å². The number of rotatable bonds is 2. The van der Waals surface area contributed by atoms with E-state index in [1.807, 2.05) is 6.07 Å². The third kappa shape index (κ3) is 2.41. The zero-order chi connectivity index (χ0) is 7.40. The normalized spacial score (nSPS) is 8.09. The van der Waals surface area contributed by atoms with Crippen molar-refractivity contribution >= 4 is 6.29 Å². The van der Waals surface area contributed by atoms with Crippen LogP contribution in [0.15, 0.2) is 24.3 Å². The van der Waals surface area contributed by atoms with Gasteiger partial charge in [-0.1, -0.05) is 12.1 Å². The fourth-order valence-corrected chi connectivity index (χ4v) is 0.764. The number of aldehydes is 1. The second-order valence-electron chi connectivity index (χ2n) is 1.86. The SMILES string of the molecule is COc1ccccc1C=O.[V]. The molecule has 3 heteroatoms. The quantitative estimate of drug-likeness (QED) is 0.656. The van der Waals surface area contributed by atoms with Gasteiger partial charge < -0.3 is 4.74 Å². The maximum Gasteiger partial charge on any atom is 0.153 e. The number of ether oxygens (including phenoxy) is 1. The Bertz CT molecular complexity index is 235. The molecule has 0 aliphatic carbocycles. The molecule has 0 saturated carbocycles. The summed E-state index contributed by atoms with van der Waals surface area (Å²) in [5.74, 6) is 0.623. The molecule has 0 bridgehead atoms. The van der Waals surface area contributed by atoms with E-state index in [1.165, 1.54) is 0 Å². The van der Waals surface area contributed by atoms with Crippen molar-refractivity contribution in [3.63, 3.8) is 0 Å². The van der Waals surface area contributed by atoms with Crippen LogP contribution < -0.4 is 4.74 Å². The van der Waals surface area contributed by atoms with Crippen LogP contribution in [0.25, 0.3) is 0 Å². The third-order valence-corrected chi connectivity index (χ3v) is 1.27. The molecule has 1 radical (unpaired) electrons. The fourth-order valence-electron chi connectivity index (χ4n) is 0.764. The second-order valence-corrected chi connectivity index (χ2v) is 1.86. The molecule has 0 saturated heterocycles. The predicted molar refractivity (Wildman–Crippen MR) is 38.4 cm³/mol. The number of methoxy groups -OCH3 is 1. The summed E-state index contributed by atoms with van der Waals surface area (Å²) in [6.07, 6.45) is 0.777. The first-order chi connectivity index (χ1) is 4.88. The van der Waals surface area contributed by atoms with Crippen molar-refractivity contribution in [2.75, 3.05) is 7.11 Å². The van der Waals surface area contributed by atoms with Gasteiger partial charge in [-0.2, -0.15) is 0 Å². The van der Waals surface area contributed by atoms with Crippen LogP contribution in [0.3, 0.4) is 0 Å². The summed E-state index contributed by atoms with van der Waals surface area (Å²) in [4.78, 5) is 10.3. The van der Waals surface area contributed by atoms with Crippen molar-refractivity contribution < 1.29 is 28.1 Å². The van der Waals surface area contributed by atoms with Gasteiger partial charge in [0, 0.05) is 18.6 Å². The average Bonchev–Trinajstić information content (AvgIpc) is 2.04. The van der Waals surface area contributed by atoms with Gasteiger partial charge >= 0.3 is 0 Å². The smallest absolute Gasteiger partial charge is 0.153 e. The summed E-state index contributed by atoms with van der Waals surface area (Å²) in [5.41, 5.74) is 0.588. The van der Waals surface area contributed by atoms with E-state index in [0.29, 0.717) is 11.3 Å². The van der Waals surface area contributed by atoms with E-state index < -0.39 is 0 Å². The Kier molecular flexibility index (Phi) is 4.67. The monoisotopic (exact) mass is 187 g/mol. The maximum absolute atomic E-state index is 10.3. The first-order valence-corrected chi connectivity index (χ1v) is 2.96. The van der Waals surface area contributed by atoms with Gasteiger partial charge in [-0.25, -0.2) is 0 Å². The minimum atomic E-state index is 0. The molecular weight excluding hydrogens is 179 g/mol. The molecule has 57 valence electrons. The molecule has 0 aliphatic heterocycles. The van der Waals surface area contributed by atoms with Crippen molar-refractivity contribution in [3.8, 4) is 5.75 Å². The van der Waals surface area contributed by atoms with Gasteiger partial charge in [0.15, 0.2) is 6.29 Å². The van der Waals surface area contributed by atoms with Crippen LogP contribution in [0.1, 0.15) is 10.4 Å². The van der Waals surface area contributed by atoms with Gasteiger partial charge in [0.25, 0.3) is 0 Å². The molecule has 0 heterocycles. The van der Waals surface area contributed by atoms with Crippen LogP contribution in [0.5, 0.6) is 5.75 Å². The molecule has 0 unspecified atom stereocenters. The Morgan fingerprint density at radius 2 is 2.00 bits per heavy atom. The van der Waals surface area contributed by atoms with Crippen molar-refractivity contribution in [2.24, 2.45) is 0 Å². The molecule has 11 heavy (non-hydrogen) atoms. The molecular formula is C8H8O2V. The van der Waals surface area contributed by atoms with Gasteiger partial charge in [-0.05, 0) is 12.1 Å². The van der Waals surface area contributed by atoms with E-state index in [4.69, 9.17) is 4.74 Å². The number of carbonyl (C=O) groups excluding carboxylic acids is 1. The molecule has 0 aliphatic rings. The summed E-state index contributed by atoms with van der Waals surface area (Å²) in [6.45, 7) is 0. The van der Waals surface area contributed by atoms with Crippen molar-refractivity contribution in [1.29, 1.82) is 0 Å². The van der Waals surface area contributed by atoms with E-state index in [1.54, 1.807) is 25.3 Å². The zero-order valence-corrected chi connectivity index (χ0v) is 7.55. The largest absolute Gasteiger partial charge is 0.496 e. The molecule has 1 aromatic carbocycles. The second kappa shape index (κ2) is 5.00. The Balaban J connectivity index is 0.000001000. The topological polar surface area (TPSA) is 26.3 Å². The van der Waals surface area contributed by atoms with E-state index in [-0.39, 0.29) is 18.6 Å². The van der Waals surface area contributed by atoms with Crippen LogP contribution in [0, 0.1) is 0 Å². The summed E-state index contributed by atoms with van der Waals surface area (Å²) in [5, 5.41) is 0. The number of benzene rings is 1. The summed E-state index contributed by atoms with van der Waals surface area (Å²) in [6, 6.07) is 7.09. The molecule has 0 amide bonds. The Labute approximate surface area is 77.4 Å². The third-order valence-electron chi connectivity index (χ3n) is 1.27. The fraction of sp³-hybridized carbons (Fsp3) is 0.125. The molecule has 0 spiro atoms. The van der Waals surface area contributed by atoms with Crippen LogP contribution in [-0.4, -0.2) is 13.4 Å². The molecule has 1 rings (SSSR count). The van der Waals surface area contributed by atoms with Gasteiger partial charge in [-0.3, -0.25) is 4.79 Å². The predicted octanol–water partition coefficient (Wildman–Crippen LogP) is 1.51. The summed E-state index contributed by atoms with van der Waals surface area (Å²) in [7, 11) is 1.54. The average molecular weight is 187 g/mol. The molecule has 0 aromatic heterocycles. The van der Waals surface area contributed by atoms with Crippen LogP contribution >= 0.6 is 0 Å². The van der Waals surface area contributed by atoms with E-state index in [9.17, 15) is 4.79 Å². The molecule has 0 atom stereocenters. The minimum absolute atomic E-state index is 0. The van der Waals surface area contributed by atoms with E-state index in [0.717, 1.165) is 6.29 Å². The number of hydrogen-bond donors (Lipinski definition) is 0. The molecule has 2 nitrogen and oxygen atoms in total. The van der Waals surface area contributed by atoms with E-state index in [2.05, 4.69) is 0 Å². The summed E-state index contributed by atoms with van der Waals surface area (Å²) < 4.78 is 4.90. The molecule has 0 fully saturated rings. The number of hydrogen-bond acceptors (Lipinski definition) is 2. The minimum Gasteiger partial charge on any atom is -0.496 e. The standard InChI is InChI=1S/C8H8O2.V/c1-10-8-5-3-2-4-7(8)6-9;/h2-6H,1H3;. The van der Waals surface area contributed by atoms with Crippen molar-refractivity contribution in [1.82, 2.24) is 0 Å². The molecule has 1 aromatic rings. The Morgan fingerprint density at radius 1 is 1.36 bits per heavy atom. The first-order valence-electron chi connectivity index (χ1n) is 2.96. The van der Waals surface area contributed by atoms with Crippen LogP contribution in [0.2, 0.25) is 0 Å². The Morgan fingerprint density at radius 3 is 2.45 bits per heavy atom. The number of carbonyl (C=O) groups is 1. The number of para-hydroxylation sites is 1. The maximum atomic E-state index is 10.3. The van der Waals surface area contributed by atoms with Gasteiger partial charge in [0.2, 0.25) is 0 Å². The zero-order valence-electron chi connectivity index (χ0n) is 6.15. The van der Waals surface area contributed by atoms with Gasteiger partial charge in [-0.15, -0.1) is 0 Å².